The van der Waals surface area contributed by atoms with Crippen LogP contribution in [0.2, 0.25) is 0 Å². The van der Waals surface area contributed by atoms with Crippen molar-refractivity contribution in [2.75, 3.05) is 14.2 Å². The number of hydrogen-bond donors (Lipinski definition) is 2. The fourth-order valence-corrected chi connectivity index (χ4v) is 1.97. The standard InChI is InChI=1S/C10H12N2O4S/c1-15-8-4-6-7(5-9(8)16-2)12-10(11-6)17(3,13)14/h4-5H,3H2,1-2H3,(H,11,12)(H,13,14). The largest absolute Gasteiger partial charge is 0.493 e. The number of H-pyrrole nitrogens is 1. The number of nitrogens with zero attached hydrogens (tertiary/aromatic N) is 1. The molecule has 0 fully saturated rings. The number of hydrogen-bond acceptors (Lipinski definition) is 4. The first kappa shape index (κ1) is 11.7. The maximum Gasteiger partial charge on any atom is 0.214 e. The molecule has 7 heteroatoms. The van der Waals surface area contributed by atoms with Gasteiger partial charge in [-0.1, -0.05) is 0 Å². The molecule has 0 amide bonds. The number of aromatic amines is 1. The van der Waals surface area contributed by atoms with Gasteiger partial charge in [0.15, 0.2) is 11.5 Å². The Bertz CT molecular complexity index is 619. The summed E-state index contributed by atoms with van der Waals surface area (Å²) < 4.78 is 30.9. The summed E-state index contributed by atoms with van der Waals surface area (Å²) in [5, 5.41) is -0.0668. The van der Waals surface area contributed by atoms with E-state index in [4.69, 9.17) is 9.47 Å². The molecule has 0 bridgehead atoms. The van der Waals surface area contributed by atoms with Crippen molar-refractivity contribution < 1.29 is 18.2 Å². The Morgan fingerprint density at radius 1 is 1.35 bits per heavy atom. The Kier molecular flexibility index (Phi) is 2.72. The normalized spacial score (nSPS) is 14.5. The molecule has 0 radical (unpaired) electrons. The van der Waals surface area contributed by atoms with Crippen molar-refractivity contribution in [3.05, 3.63) is 12.1 Å². The number of aromatic nitrogens is 2. The third-order valence-electron chi connectivity index (χ3n) is 2.27. The quantitative estimate of drug-likeness (QED) is 0.804. The lowest BCUT2D eigenvalue weighted by atomic mass is 10.3. The third kappa shape index (κ3) is 2.06. The molecule has 0 aliphatic heterocycles. The lowest BCUT2D eigenvalue weighted by Gasteiger charge is -2.06. The summed E-state index contributed by atoms with van der Waals surface area (Å²) in [4.78, 5) is 6.72. The molecule has 2 rings (SSSR count). The highest BCUT2D eigenvalue weighted by atomic mass is 32.2. The highest BCUT2D eigenvalue weighted by molar-refractivity contribution is 7.94. The van der Waals surface area contributed by atoms with Gasteiger partial charge in [-0.25, -0.2) is 9.19 Å². The molecule has 92 valence electrons. The molecule has 0 aliphatic carbocycles. The maximum atomic E-state index is 11.4. The second-order valence-electron chi connectivity index (χ2n) is 3.41. The van der Waals surface area contributed by atoms with E-state index < -0.39 is 9.80 Å². The number of ether oxygens (including phenoxy) is 2. The Morgan fingerprint density at radius 3 is 2.47 bits per heavy atom. The maximum absolute atomic E-state index is 11.4. The first-order valence-corrected chi connectivity index (χ1v) is 6.35. The molecule has 6 nitrogen and oxygen atoms in total. The predicted octanol–water partition coefficient (Wildman–Crippen LogP) is 1.13. The fraction of sp³-hybridized carbons (Fsp3) is 0.200. The van der Waals surface area contributed by atoms with E-state index in [0.29, 0.717) is 22.5 Å². The van der Waals surface area contributed by atoms with E-state index in [-0.39, 0.29) is 5.16 Å². The Labute approximate surface area is 98.4 Å². The van der Waals surface area contributed by atoms with Gasteiger partial charge in [0.25, 0.3) is 0 Å². The summed E-state index contributed by atoms with van der Waals surface area (Å²) >= 11 is 0. The Hall–Kier alpha value is -1.73. The second-order valence-corrected chi connectivity index (χ2v) is 5.07. The highest BCUT2D eigenvalue weighted by Crippen LogP contribution is 2.31. The highest BCUT2D eigenvalue weighted by Gasteiger charge is 2.13. The van der Waals surface area contributed by atoms with Gasteiger partial charge in [0, 0.05) is 12.1 Å². The zero-order chi connectivity index (χ0) is 12.6. The lowest BCUT2D eigenvalue weighted by molar-refractivity contribution is 0.356. The van der Waals surface area contributed by atoms with Crippen LogP contribution < -0.4 is 9.47 Å². The zero-order valence-corrected chi connectivity index (χ0v) is 10.2. The van der Waals surface area contributed by atoms with Crippen molar-refractivity contribution in [2.45, 2.75) is 5.16 Å². The summed E-state index contributed by atoms with van der Waals surface area (Å²) in [6.45, 7) is 0. The van der Waals surface area contributed by atoms with Crippen LogP contribution in [0.5, 0.6) is 11.5 Å². The molecule has 1 heterocycles. The summed E-state index contributed by atoms with van der Waals surface area (Å²) in [5.74, 6) is 4.17. The van der Waals surface area contributed by atoms with Gasteiger partial charge in [-0.15, -0.1) is 0 Å². The van der Waals surface area contributed by atoms with Gasteiger partial charge in [0.05, 0.1) is 25.3 Å². The molecule has 0 aliphatic rings. The molecule has 2 N–H and O–H groups in total. The van der Waals surface area contributed by atoms with E-state index in [0.717, 1.165) is 0 Å². The van der Waals surface area contributed by atoms with Gasteiger partial charge in [0.1, 0.15) is 9.80 Å². The van der Waals surface area contributed by atoms with Crippen LogP contribution in [0, 0.1) is 0 Å². The van der Waals surface area contributed by atoms with Crippen LogP contribution in [-0.4, -0.2) is 38.8 Å². The van der Waals surface area contributed by atoms with Gasteiger partial charge in [0.2, 0.25) is 5.16 Å². The van der Waals surface area contributed by atoms with Crippen LogP contribution in [0.4, 0.5) is 0 Å². The molecule has 0 spiro atoms. The predicted molar refractivity (Wildman–Crippen MR) is 65.4 cm³/mol. The molecule has 17 heavy (non-hydrogen) atoms. The van der Waals surface area contributed by atoms with E-state index in [1.807, 2.05) is 0 Å². The number of benzene rings is 1. The van der Waals surface area contributed by atoms with Crippen molar-refractivity contribution in [3.8, 4) is 11.5 Å². The van der Waals surface area contributed by atoms with Crippen molar-refractivity contribution in [1.82, 2.24) is 9.97 Å². The SMILES string of the molecule is C=S(=O)(O)c1nc2cc(OC)c(OC)cc2[nH]1. The lowest BCUT2D eigenvalue weighted by Crippen LogP contribution is -1.99. The minimum absolute atomic E-state index is 0.0668. The van der Waals surface area contributed by atoms with Gasteiger partial charge in [-0.2, -0.15) is 0 Å². The third-order valence-corrected chi connectivity index (χ3v) is 3.07. The monoisotopic (exact) mass is 256 g/mol. The van der Waals surface area contributed by atoms with Crippen LogP contribution in [0.25, 0.3) is 11.0 Å². The molecule has 1 unspecified atom stereocenters. The van der Waals surface area contributed by atoms with Crippen LogP contribution >= 0.6 is 0 Å². The molecule has 1 aromatic heterocycles. The molecular formula is C10H12N2O4S. The van der Waals surface area contributed by atoms with Gasteiger partial charge in [-0.05, 0) is 5.87 Å². The molecule has 2 aromatic rings. The summed E-state index contributed by atoms with van der Waals surface area (Å²) in [7, 11) is -0.333. The first-order valence-electron chi connectivity index (χ1n) is 4.67. The summed E-state index contributed by atoms with van der Waals surface area (Å²) in [6, 6.07) is 3.27. The van der Waals surface area contributed by atoms with Crippen LogP contribution in [0.15, 0.2) is 17.3 Å². The summed E-state index contributed by atoms with van der Waals surface area (Å²) in [6.07, 6.45) is 0. The number of imidazole rings is 1. The van der Waals surface area contributed by atoms with Crippen LogP contribution in [0.1, 0.15) is 0 Å². The average molecular weight is 256 g/mol. The Morgan fingerprint density at radius 2 is 1.94 bits per heavy atom. The smallest absolute Gasteiger partial charge is 0.214 e. The first-order chi connectivity index (χ1) is 7.95. The van der Waals surface area contributed by atoms with Gasteiger partial charge >= 0.3 is 0 Å². The van der Waals surface area contributed by atoms with E-state index in [9.17, 15) is 8.76 Å². The van der Waals surface area contributed by atoms with E-state index in [1.165, 1.54) is 14.2 Å². The minimum atomic E-state index is -3.35. The van der Waals surface area contributed by atoms with E-state index in [1.54, 1.807) is 12.1 Å². The van der Waals surface area contributed by atoms with Crippen molar-refractivity contribution in [2.24, 2.45) is 0 Å². The number of methoxy groups -OCH3 is 2. The van der Waals surface area contributed by atoms with Gasteiger partial charge < -0.3 is 19.0 Å². The summed E-state index contributed by atoms with van der Waals surface area (Å²) in [5.41, 5.74) is 1.10. The molecular weight excluding hydrogens is 244 g/mol. The second kappa shape index (κ2) is 3.94. The molecule has 0 saturated heterocycles. The van der Waals surface area contributed by atoms with E-state index >= 15 is 0 Å². The molecule has 1 aromatic carbocycles. The van der Waals surface area contributed by atoms with Gasteiger partial charge in [-0.3, -0.25) is 0 Å². The Balaban J connectivity index is 2.70. The minimum Gasteiger partial charge on any atom is -0.493 e. The van der Waals surface area contributed by atoms with Crippen molar-refractivity contribution in [3.63, 3.8) is 0 Å². The van der Waals surface area contributed by atoms with Crippen molar-refractivity contribution >= 4 is 26.7 Å². The number of fused-ring (bicyclic) bond motifs is 1. The topological polar surface area (TPSA) is 84.4 Å². The average Bonchev–Trinajstić information content (AvgIpc) is 2.69. The number of nitrogens with one attached hydrogen (secondary N) is 1. The van der Waals surface area contributed by atoms with Crippen molar-refractivity contribution in [1.29, 1.82) is 0 Å². The van der Waals surface area contributed by atoms with E-state index in [2.05, 4.69) is 15.8 Å². The van der Waals surface area contributed by atoms with Crippen LogP contribution in [-0.2, 0) is 9.80 Å². The molecule has 1 atom stereocenters. The van der Waals surface area contributed by atoms with Crippen LogP contribution in [0.3, 0.4) is 0 Å². The zero-order valence-electron chi connectivity index (χ0n) is 9.39. The number of rotatable bonds is 3. The molecule has 0 saturated carbocycles. The fourth-order valence-electron chi connectivity index (χ4n) is 1.46.